The van der Waals surface area contributed by atoms with Gasteiger partial charge in [-0.2, -0.15) is 0 Å². The van der Waals surface area contributed by atoms with Gasteiger partial charge in [0.05, 0.1) is 17.9 Å². The maximum Gasteiger partial charge on any atom is 0.182 e. The summed E-state index contributed by atoms with van der Waals surface area (Å²) in [4.78, 5) is 14.3. The summed E-state index contributed by atoms with van der Waals surface area (Å²) in [5.74, 6) is 0.101. The molecule has 2 heterocycles. The highest BCUT2D eigenvalue weighted by atomic mass is 16.1. The lowest BCUT2D eigenvalue weighted by molar-refractivity contribution is 0.0967. The van der Waals surface area contributed by atoms with E-state index in [1.54, 1.807) is 0 Å². The van der Waals surface area contributed by atoms with E-state index in [-0.39, 0.29) is 5.78 Å². The van der Waals surface area contributed by atoms with Crippen LogP contribution in [0.5, 0.6) is 0 Å². The standard InChI is InChI=1S/C18H16N2O/c21-18(15-8-2-1-3-9-15)14-20-13-7-5-11-17(20)16-10-4-6-12-19-16/h1-13,19H,14H2/b17-16-. The van der Waals surface area contributed by atoms with Crippen LogP contribution in [0.3, 0.4) is 0 Å². The molecule has 3 rings (SSSR count). The fourth-order valence-electron chi connectivity index (χ4n) is 2.28. The molecule has 0 amide bonds. The first-order chi connectivity index (χ1) is 10.3. The molecule has 0 bridgehead atoms. The Kier molecular flexibility index (Phi) is 3.83. The highest BCUT2D eigenvalue weighted by Crippen LogP contribution is 2.18. The zero-order valence-corrected chi connectivity index (χ0v) is 11.6. The van der Waals surface area contributed by atoms with Gasteiger partial charge in [-0.3, -0.25) is 4.79 Å². The van der Waals surface area contributed by atoms with Crippen molar-refractivity contribution in [2.45, 2.75) is 0 Å². The third kappa shape index (κ3) is 3.03. The first-order valence-electron chi connectivity index (χ1n) is 6.88. The number of dihydropyridines is 1. The fourth-order valence-corrected chi connectivity index (χ4v) is 2.28. The molecule has 1 N–H and O–H groups in total. The van der Waals surface area contributed by atoms with Crippen molar-refractivity contribution < 1.29 is 4.79 Å². The van der Waals surface area contributed by atoms with E-state index in [2.05, 4.69) is 5.32 Å². The van der Waals surface area contributed by atoms with Crippen molar-refractivity contribution >= 4 is 5.78 Å². The third-order valence-corrected chi connectivity index (χ3v) is 3.34. The van der Waals surface area contributed by atoms with E-state index in [4.69, 9.17) is 0 Å². The van der Waals surface area contributed by atoms with Crippen molar-refractivity contribution in [2.75, 3.05) is 6.54 Å². The molecule has 0 unspecified atom stereocenters. The Labute approximate surface area is 124 Å². The molecule has 0 aromatic heterocycles. The molecular weight excluding hydrogens is 260 g/mol. The van der Waals surface area contributed by atoms with Crippen LogP contribution >= 0.6 is 0 Å². The first-order valence-corrected chi connectivity index (χ1v) is 6.88. The van der Waals surface area contributed by atoms with Gasteiger partial charge in [-0.15, -0.1) is 0 Å². The number of benzene rings is 1. The van der Waals surface area contributed by atoms with E-state index >= 15 is 0 Å². The molecule has 0 radical (unpaired) electrons. The van der Waals surface area contributed by atoms with Crippen LogP contribution in [-0.4, -0.2) is 17.2 Å². The minimum Gasteiger partial charge on any atom is -0.360 e. The van der Waals surface area contributed by atoms with Crippen molar-refractivity contribution in [2.24, 2.45) is 0 Å². The summed E-state index contributed by atoms with van der Waals surface area (Å²) in [6.07, 6.45) is 15.6. The summed E-state index contributed by atoms with van der Waals surface area (Å²) in [6, 6.07) is 9.38. The van der Waals surface area contributed by atoms with E-state index in [0.29, 0.717) is 6.54 Å². The molecule has 2 aliphatic heterocycles. The number of carbonyl (C=O) groups is 1. The summed E-state index contributed by atoms with van der Waals surface area (Å²) in [5, 5.41) is 3.21. The Bertz CT molecular complexity index is 678. The van der Waals surface area contributed by atoms with Gasteiger partial charge in [0, 0.05) is 18.0 Å². The van der Waals surface area contributed by atoms with Crippen LogP contribution in [0.4, 0.5) is 0 Å². The van der Waals surface area contributed by atoms with Crippen LogP contribution in [-0.2, 0) is 0 Å². The summed E-state index contributed by atoms with van der Waals surface area (Å²) in [7, 11) is 0. The Morgan fingerprint density at radius 2 is 1.81 bits per heavy atom. The molecule has 0 fully saturated rings. The minimum absolute atomic E-state index is 0.101. The van der Waals surface area contributed by atoms with E-state index in [1.165, 1.54) is 0 Å². The predicted octanol–water partition coefficient (Wildman–Crippen LogP) is 3.14. The number of hydrogen-bond donors (Lipinski definition) is 1. The molecular formula is C18H16N2O. The molecule has 2 aliphatic rings. The van der Waals surface area contributed by atoms with Crippen molar-refractivity contribution in [3.63, 3.8) is 0 Å². The average molecular weight is 276 g/mol. The molecule has 1 aromatic rings. The molecule has 21 heavy (non-hydrogen) atoms. The molecule has 0 atom stereocenters. The van der Waals surface area contributed by atoms with Gasteiger partial charge in [0.25, 0.3) is 0 Å². The number of nitrogens with one attached hydrogen (secondary N) is 1. The van der Waals surface area contributed by atoms with Crippen molar-refractivity contribution in [3.05, 3.63) is 96.1 Å². The zero-order chi connectivity index (χ0) is 14.5. The largest absolute Gasteiger partial charge is 0.360 e. The van der Waals surface area contributed by atoms with Crippen molar-refractivity contribution in [1.29, 1.82) is 0 Å². The van der Waals surface area contributed by atoms with Gasteiger partial charge in [0.15, 0.2) is 5.78 Å². The number of carbonyl (C=O) groups excluding carboxylic acids is 1. The second-order valence-electron chi connectivity index (χ2n) is 4.78. The highest BCUT2D eigenvalue weighted by Gasteiger charge is 2.16. The number of nitrogens with zero attached hydrogens (tertiary/aromatic N) is 1. The lowest BCUT2D eigenvalue weighted by atomic mass is 10.1. The van der Waals surface area contributed by atoms with Crippen LogP contribution in [0.1, 0.15) is 10.4 Å². The number of rotatable bonds is 3. The lowest BCUT2D eigenvalue weighted by Gasteiger charge is -2.25. The van der Waals surface area contributed by atoms with Crippen LogP contribution in [0.2, 0.25) is 0 Å². The van der Waals surface area contributed by atoms with Gasteiger partial charge in [-0.05, 0) is 24.3 Å². The molecule has 3 heteroatoms. The molecule has 3 nitrogen and oxygen atoms in total. The van der Waals surface area contributed by atoms with Gasteiger partial charge >= 0.3 is 0 Å². The second-order valence-corrected chi connectivity index (χ2v) is 4.78. The number of ketones is 1. The Balaban J connectivity index is 1.82. The topological polar surface area (TPSA) is 32.3 Å². The van der Waals surface area contributed by atoms with E-state index < -0.39 is 0 Å². The second kappa shape index (κ2) is 6.09. The van der Waals surface area contributed by atoms with E-state index in [1.807, 2.05) is 84.1 Å². The van der Waals surface area contributed by atoms with Gasteiger partial charge in [-0.25, -0.2) is 0 Å². The van der Waals surface area contributed by atoms with E-state index in [0.717, 1.165) is 17.0 Å². The van der Waals surface area contributed by atoms with Crippen LogP contribution in [0.25, 0.3) is 0 Å². The summed E-state index contributed by atoms with van der Waals surface area (Å²) < 4.78 is 0. The SMILES string of the molecule is O=C(CN1C=CC=C/C1=C1\C=CC=CN1)c1ccccc1. The first kappa shape index (κ1) is 13.2. The molecule has 0 aliphatic carbocycles. The van der Waals surface area contributed by atoms with Crippen molar-refractivity contribution in [1.82, 2.24) is 10.2 Å². The maximum absolute atomic E-state index is 12.4. The number of Topliss-reactive ketones (excluding diaryl/α,β-unsaturated/α-hetero) is 1. The molecule has 0 spiro atoms. The summed E-state index contributed by atoms with van der Waals surface area (Å²) in [6.45, 7) is 0.322. The summed E-state index contributed by atoms with van der Waals surface area (Å²) in [5.41, 5.74) is 2.71. The summed E-state index contributed by atoms with van der Waals surface area (Å²) >= 11 is 0. The van der Waals surface area contributed by atoms with Crippen LogP contribution < -0.4 is 5.32 Å². The van der Waals surface area contributed by atoms with Gasteiger partial charge < -0.3 is 10.2 Å². The highest BCUT2D eigenvalue weighted by molar-refractivity contribution is 5.97. The van der Waals surface area contributed by atoms with Crippen molar-refractivity contribution in [3.8, 4) is 0 Å². The third-order valence-electron chi connectivity index (χ3n) is 3.34. The lowest BCUT2D eigenvalue weighted by Crippen LogP contribution is -2.27. The monoisotopic (exact) mass is 276 g/mol. The van der Waals surface area contributed by atoms with Gasteiger partial charge in [-0.1, -0.05) is 42.5 Å². The fraction of sp³-hybridized carbons (Fsp3) is 0.0556. The Morgan fingerprint density at radius 3 is 2.57 bits per heavy atom. The average Bonchev–Trinajstić information content (AvgIpc) is 2.57. The predicted molar refractivity (Wildman–Crippen MR) is 84.2 cm³/mol. The van der Waals surface area contributed by atoms with E-state index in [9.17, 15) is 4.79 Å². The maximum atomic E-state index is 12.4. The number of hydrogen-bond acceptors (Lipinski definition) is 3. The molecule has 1 aromatic carbocycles. The molecule has 104 valence electrons. The molecule has 0 saturated heterocycles. The van der Waals surface area contributed by atoms with Crippen LogP contribution in [0.15, 0.2) is 90.6 Å². The quantitative estimate of drug-likeness (QED) is 0.861. The Hall–Kier alpha value is -2.81. The number of allylic oxidation sites excluding steroid dienone is 6. The zero-order valence-electron chi connectivity index (χ0n) is 11.6. The smallest absolute Gasteiger partial charge is 0.182 e. The Morgan fingerprint density at radius 1 is 1.00 bits per heavy atom. The minimum atomic E-state index is 0.101. The van der Waals surface area contributed by atoms with Crippen LogP contribution in [0, 0.1) is 0 Å². The van der Waals surface area contributed by atoms with Gasteiger partial charge in [0.2, 0.25) is 0 Å². The molecule has 0 saturated carbocycles. The normalized spacial score (nSPS) is 19.7. The van der Waals surface area contributed by atoms with Gasteiger partial charge in [0.1, 0.15) is 0 Å².